The first-order valence-corrected chi connectivity index (χ1v) is 6.42. The zero-order valence-electron chi connectivity index (χ0n) is 10.1. The average molecular weight is 232 g/mol. The van der Waals surface area contributed by atoms with E-state index in [0.717, 1.165) is 0 Å². The van der Waals surface area contributed by atoms with Crippen molar-refractivity contribution < 1.29 is 9.18 Å². The van der Waals surface area contributed by atoms with Crippen LogP contribution in [0, 0.1) is 23.1 Å². The molecule has 1 aromatic rings. The third-order valence-corrected chi connectivity index (χ3v) is 5.02. The maximum absolute atomic E-state index is 12.9. The summed E-state index contributed by atoms with van der Waals surface area (Å²) in [5, 5.41) is 0. The van der Waals surface area contributed by atoms with E-state index in [1.54, 1.807) is 12.1 Å². The Balaban J connectivity index is 1.94. The molecule has 2 heteroatoms. The number of carbonyl (C=O) groups is 1. The molecule has 2 aliphatic rings. The van der Waals surface area contributed by atoms with Crippen LogP contribution in [0.2, 0.25) is 0 Å². The van der Waals surface area contributed by atoms with Crippen LogP contribution in [0.3, 0.4) is 0 Å². The topological polar surface area (TPSA) is 17.1 Å². The molecular weight excluding hydrogens is 215 g/mol. The predicted molar refractivity (Wildman–Crippen MR) is 64.3 cm³/mol. The van der Waals surface area contributed by atoms with E-state index < -0.39 is 0 Å². The number of benzene rings is 1. The van der Waals surface area contributed by atoms with Crippen LogP contribution in [0.5, 0.6) is 0 Å². The maximum atomic E-state index is 12.9. The van der Waals surface area contributed by atoms with Gasteiger partial charge in [0.2, 0.25) is 0 Å². The Hall–Kier alpha value is -1.18. The summed E-state index contributed by atoms with van der Waals surface area (Å²) in [6.45, 7) is 2.12. The Morgan fingerprint density at radius 3 is 2.06 bits per heavy atom. The molecule has 2 fully saturated rings. The highest BCUT2D eigenvalue weighted by molar-refractivity contribution is 6.01. The number of halogens is 1. The van der Waals surface area contributed by atoms with Gasteiger partial charge in [0.05, 0.1) is 0 Å². The van der Waals surface area contributed by atoms with E-state index in [2.05, 4.69) is 6.92 Å². The number of hydrogen-bond acceptors (Lipinski definition) is 1. The lowest BCUT2D eigenvalue weighted by molar-refractivity contribution is 0.0740. The molecule has 0 radical (unpaired) electrons. The Kier molecular flexibility index (Phi) is 2.35. The van der Waals surface area contributed by atoms with Crippen molar-refractivity contribution in [3.05, 3.63) is 35.6 Å². The number of ketones is 1. The quantitative estimate of drug-likeness (QED) is 0.708. The van der Waals surface area contributed by atoms with Crippen LogP contribution in [0.25, 0.3) is 0 Å². The van der Waals surface area contributed by atoms with Gasteiger partial charge in [-0.3, -0.25) is 4.79 Å². The lowest BCUT2D eigenvalue weighted by atomic mass is 9.73. The van der Waals surface area contributed by atoms with Gasteiger partial charge in [0.15, 0.2) is 5.78 Å². The first kappa shape index (κ1) is 10.9. The highest BCUT2D eigenvalue weighted by atomic mass is 19.1. The first-order valence-electron chi connectivity index (χ1n) is 6.42. The van der Waals surface area contributed by atoms with E-state index in [9.17, 15) is 9.18 Å². The van der Waals surface area contributed by atoms with Crippen molar-refractivity contribution in [3.8, 4) is 0 Å². The van der Waals surface area contributed by atoms with Gasteiger partial charge in [-0.1, -0.05) is 6.92 Å². The van der Waals surface area contributed by atoms with E-state index in [-0.39, 0.29) is 17.0 Å². The normalized spacial score (nSPS) is 35.2. The smallest absolute Gasteiger partial charge is 0.169 e. The molecule has 1 aromatic carbocycles. The molecule has 0 heterocycles. The summed E-state index contributed by atoms with van der Waals surface area (Å²) in [6, 6.07) is 6.02. The minimum Gasteiger partial charge on any atom is -0.294 e. The van der Waals surface area contributed by atoms with E-state index >= 15 is 0 Å². The van der Waals surface area contributed by atoms with Gasteiger partial charge in [0, 0.05) is 11.0 Å². The summed E-state index contributed by atoms with van der Waals surface area (Å²) in [6.07, 6.45) is 4.75. The number of fused-ring (bicyclic) bond motifs is 2. The Morgan fingerprint density at radius 2 is 1.59 bits per heavy atom. The summed E-state index contributed by atoms with van der Waals surface area (Å²) in [5.41, 5.74) is 0.491. The number of carbonyl (C=O) groups excluding carboxylic acids is 1. The SMILES string of the molecule is CC1(C(=O)c2ccc(F)cc2)C2CCC1CC2. The van der Waals surface area contributed by atoms with Crippen LogP contribution in [-0.4, -0.2) is 5.78 Å². The zero-order chi connectivity index (χ0) is 12.0. The van der Waals surface area contributed by atoms with Crippen LogP contribution in [-0.2, 0) is 0 Å². The van der Waals surface area contributed by atoms with Gasteiger partial charge in [0.1, 0.15) is 5.82 Å². The third kappa shape index (κ3) is 1.46. The minimum atomic E-state index is -0.277. The molecular formula is C15H17FO. The van der Waals surface area contributed by atoms with Crippen molar-refractivity contribution in [1.82, 2.24) is 0 Å². The van der Waals surface area contributed by atoms with Gasteiger partial charge in [-0.05, 0) is 61.8 Å². The van der Waals surface area contributed by atoms with E-state index in [1.165, 1.54) is 37.8 Å². The summed E-state index contributed by atoms with van der Waals surface area (Å²) < 4.78 is 12.9. The second-order valence-electron chi connectivity index (χ2n) is 5.67. The van der Waals surface area contributed by atoms with Crippen molar-refractivity contribution >= 4 is 5.78 Å². The molecule has 0 atom stereocenters. The van der Waals surface area contributed by atoms with Crippen molar-refractivity contribution in [2.75, 3.05) is 0 Å². The van der Waals surface area contributed by atoms with Gasteiger partial charge < -0.3 is 0 Å². The highest BCUT2D eigenvalue weighted by Crippen LogP contribution is 2.59. The molecule has 0 amide bonds. The molecule has 0 aromatic heterocycles. The fourth-order valence-electron chi connectivity index (χ4n) is 3.91. The predicted octanol–water partition coefficient (Wildman–Crippen LogP) is 3.83. The van der Waals surface area contributed by atoms with Crippen molar-refractivity contribution in [1.29, 1.82) is 0 Å². The molecule has 0 unspecified atom stereocenters. The molecule has 0 aliphatic heterocycles. The van der Waals surface area contributed by atoms with E-state index in [1.807, 2.05) is 0 Å². The summed E-state index contributed by atoms with van der Waals surface area (Å²) in [5.74, 6) is 1.04. The third-order valence-electron chi connectivity index (χ3n) is 5.02. The molecule has 0 spiro atoms. The molecule has 2 aliphatic carbocycles. The Morgan fingerprint density at radius 1 is 1.12 bits per heavy atom. The van der Waals surface area contributed by atoms with Crippen molar-refractivity contribution in [2.45, 2.75) is 32.6 Å². The largest absolute Gasteiger partial charge is 0.294 e. The van der Waals surface area contributed by atoms with Gasteiger partial charge in [-0.25, -0.2) is 4.39 Å². The van der Waals surface area contributed by atoms with Crippen LogP contribution < -0.4 is 0 Å². The Labute approximate surface area is 101 Å². The van der Waals surface area contributed by atoms with Crippen LogP contribution in [0.4, 0.5) is 4.39 Å². The van der Waals surface area contributed by atoms with Gasteiger partial charge in [-0.2, -0.15) is 0 Å². The monoisotopic (exact) mass is 232 g/mol. The first-order chi connectivity index (χ1) is 8.12. The van der Waals surface area contributed by atoms with Gasteiger partial charge in [-0.15, -0.1) is 0 Å². The summed E-state index contributed by atoms with van der Waals surface area (Å²) in [7, 11) is 0. The lowest BCUT2D eigenvalue weighted by Gasteiger charge is -2.28. The van der Waals surface area contributed by atoms with Crippen LogP contribution >= 0.6 is 0 Å². The van der Waals surface area contributed by atoms with Gasteiger partial charge >= 0.3 is 0 Å². The molecule has 3 rings (SSSR count). The lowest BCUT2D eigenvalue weighted by Crippen LogP contribution is -2.32. The van der Waals surface area contributed by atoms with E-state index in [4.69, 9.17) is 0 Å². The second-order valence-corrected chi connectivity index (χ2v) is 5.67. The fourth-order valence-corrected chi connectivity index (χ4v) is 3.91. The molecule has 2 bridgehead atoms. The Bertz CT molecular complexity index is 428. The second kappa shape index (κ2) is 3.66. The van der Waals surface area contributed by atoms with Crippen LogP contribution in [0.1, 0.15) is 43.0 Å². The number of hydrogen-bond donors (Lipinski definition) is 0. The molecule has 0 N–H and O–H groups in total. The van der Waals surface area contributed by atoms with Crippen molar-refractivity contribution in [3.63, 3.8) is 0 Å². The van der Waals surface area contributed by atoms with Crippen molar-refractivity contribution in [2.24, 2.45) is 17.3 Å². The molecule has 17 heavy (non-hydrogen) atoms. The maximum Gasteiger partial charge on any atom is 0.169 e. The minimum absolute atomic E-state index is 0.183. The average Bonchev–Trinajstić information content (AvgIpc) is 2.84. The molecule has 90 valence electrons. The number of Topliss-reactive ketones (excluding diaryl/α,β-unsaturated/α-hetero) is 1. The highest BCUT2D eigenvalue weighted by Gasteiger charge is 2.55. The van der Waals surface area contributed by atoms with Gasteiger partial charge in [0.25, 0.3) is 0 Å². The standard InChI is InChI=1S/C15H17FO/c1-15(11-4-5-12(15)7-6-11)14(17)10-2-8-13(16)9-3-10/h2-3,8-9,11-12H,4-7H2,1H3. The molecule has 1 nitrogen and oxygen atoms in total. The van der Waals surface area contributed by atoms with Crippen LogP contribution in [0.15, 0.2) is 24.3 Å². The fraction of sp³-hybridized carbons (Fsp3) is 0.533. The molecule has 0 saturated heterocycles. The zero-order valence-corrected chi connectivity index (χ0v) is 10.1. The summed E-state index contributed by atoms with van der Waals surface area (Å²) in [4.78, 5) is 12.6. The molecule has 2 saturated carbocycles. The summed E-state index contributed by atoms with van der Waals surface area (Å²) >= 11 is 0. The van der Waals surface area contributed by atoms with E-state index in [0.29, 0.717) is 17.4 Å². The number of rotatable bonds is 2.